The number of rotatable bonds is 14. The van der Waals surface area contributed by atoms with Gasteiger partial charge in [-0.1, -0.05) is 40.7 Å². The molecule has 0 aromatic heterocycles. The number of nitrogens with two attached hydrogens (primary N) is 1. The Labute approximate surface area is 233 Å². The Balaban J connectivity index is 3.01. The number of carbonyl (C=O) groups is 4. The zero-order valence-electron chi connectivity index (χ0n) is 25.2. The van der Waals surface area contributed by atoms with Crippen molar-refractivity contribution in [1.29, 1.82) is 0 Å². The first kappa shape index (κ1) is 34.1. The predicted molar refractivity (Wildman–Crippen MR) is 148 cm³/mol. The quantitative estimate of drug-likeness (QED) is 0.251. The third kappa shape index (κ3) is 10.3. The molecule has 0 heterocycles. The number of esters is 4. The molecule has 3 atom stereocenters. The summed E-state index contributed by atoms with van der Waals surface area (Å²) >= 11 is 0. The van der Waals surface area contributed by atoms with E-state index in [1.807, 2.05) is 27.7 Å². The van der Waals surface area contributed by atoms with Crippen LogP contribution in [-0.4, -0.2) is 42.6 Å². The Bertz CT molecular complexity index is 1010. The van der Waals surface area contributed by atoms with Gasteiger partial charge < -0.3 is 24.7 Å². The van der Waals surface area contributed by atoms with Gasteiger partial charge in [0.15, 0.2) is 11.5 Å². The number of hydrogen-bond acceptors (Lipinski definition) is 9. The van der Waals surface area contributed by atoms with Gasteiger partial charge in [-0.2, -0.15) is 0 Å². The van der Waals surface area contributed by atoms with E-state index in [1.165, 1.54) is 12.1 Å². The molecule has 0 spiro atoms. The zero-order valence-corrected chi connectivity index (χ0v) is 25.2. The lowest BCUT2D eigenvalue weighted by molar-refractivity contribution is -0.161. The Kier molecular flexibility index (Phi) is 12.6. The van der Waals surface area contributed by atoms with E-state index in [9.17, 15) is 19.2 Å². The van der Waals surface area contributed by atoms with Crippen LogP contribution in [0.4, 0.5) is 0 Å². The Hall–Kier alpha value is -2.94. The fourth-order valence-corrected chi connectivity index (χ4v) is 2.87. The molecule has 0 bridgehead atoms. The second kappa shape index (κ2) is 14.4. The molecule has 220 valence electrons. The molecule has 1 aromatic carbocycles. The van der Waals surface area contributed by atoms with Crippen LogP contribution in [0.2, 0.25) is 0 Å². The van der Waals surface area contributed by atoms with Crippen molar-refractivity contribution in [2.45, 2.75) is 101 Å². The van der Waals surface area contributed by atoms with Crippen molar-refractivity contribution in [3.63, 3.8) is 0 Å². The molecule has 0 amide bonds. The fourth-order valence-electron chi connectivity index (χ4n) is 2.87. The summed E-state index contributed by atoms with van der Waals surface area (Å²) in [6.45, 7) is 18.0. The van der Waals surface area contributed by atoms with Gasteiger partial charge in [0, 0.05) is 0 Å². The lowest BCUT2D eigenvalue weighted by Gasteiger charge is -2.23. The third-order valence-electron chi connectivity index (χ3n) is 7.19. The first-order valence-corrected chi connectivity index (χ1v) is 13.6. The Morgan fingerprint density at radius 1 is 0.821 bits per heavy atom. The number of carbonyl (C=O) groups excluding carboxylic acids is 4. The van der Waals surface area contributed by atoms with Crippen LogP contribution in [0.3, 0.4) is 0 Å². The largest absolute Gasteiger partial charge is 0.462 e. The summed E-state index contributed by atoms with van der Waals surface area (Å²) < 4.78 is 21.9. The van der Waals surface area contributed by atoms with Crippen molar-refractivity contribution < 1.29 is 38.1 Å². The topological polar surface area (TPSA) is 131 Å². The molecule has 0 saturated heterocycles. The van der Waals surface area contributed by atoms with E-state index in [1.54, 1.807) is 47.6 Å². The van der Waals surface area contributed by atoms with Crippen LogP contribution in [0.15, 0.2) is 18.2 Å². The summed E-state index contributed by atoms with van der Waals surface area (Å²) in [5, 5.41) is 0. The molecule has 0 aliphatic heterocycles. The van der Waals surface area contributed by atoms with Crippen molar-refractivity contribution in [3.05, 3.63) is 23.8 Å². The van der Waals surface area contributed by atoms with Crippen LogP contribution < -0.4 is 15.2 Å². The van der Waals surface area contributed by atoms with E-state index in [4.69, 9.17) is 24.7 Å². The SMILES string of the molecule is CCC(C)(C)C(=O)Oc1ccc(C[C@H](N)C(=O)O[C@@H](C)COC(=O)C(C)C(C)C)cc1OC(=O)C(C)(C)CC. The molecule has 0 aliphatic carbocycles. The highest BCUT2D eigenvalue weighted by molar-refractivity contribution is 5.81. The van der Waals surface area contributed by atoms with Crippen LogP contribution in [-0.2, 0) is 35.1 Å². The summed E-state index contributed by atoms with van der Waals surface area (Å²) in [7, 11) is 0. The average Bonchev–Trinajstić information content (AvgIpc) is 2.87. The Morgan fingerprint density at radius 3 is 1.82 bits per heavy atom. The van der Waals surface area contributed by atoms with Crippen molar-refractivity contribution in [3.8, 4) is 11.5 Å². The van der Waals surface area contributed by atoms with E-state index in [0.29, 0.717) is 18.4 Å². The molecule has 1 rings (SSSR count). The van der Waals surface area contributed by atoms with Gasteiger partial charge >= 0.3 is 23.9 Å². The molecule has 0 saturated carbocycles. The van der Waals surface area contributed by atoms with Gasteiger partial charge in [-0.05, 0) is 77.5 Å². The minimum absolute atomic E-state index is 0.0689. The van der Waals surface area contributed by atoms with Crippen LogP contribution in [0.25, 0.3) is 0 Å². The molecule has 9 heteroatoms. The molecule has 2 N–H and O–H groups in total. The summed E-state index contributed by atoms with van der Waals surface area (Å²) in [6, 6.07) is 3.68. The van der Waals surface area contributed by atoms with Gasteiger partial charge in [0.25, 0.3) is 0 Å². The first-order chi connectivity index (χ1) is 17.9. The van der Waals surface area contributed by atoms with Crippen LogP contribution in [0.1, 0.15) is 87.6 Å². The first-order valence-electron chi connectivity index (χ1n) is 13.6. The lowest BCUT2D eigenvalue weighted by atomic mass is 9.90. The van der Waals surface area contributed by atoms with Gasteiger partial charge in [-0.3, -0.25) is 19.2 Å². The molecular weight excluding hydrogens is 502 g/mol. The second-order valence-electron chi connectivity index (χ2n) is 11.8. The minimum Gasteiger partial charge on any atom is -0.462 e. The molecule has 0 radical (unpaired) electrons. The number of ether oxygens (including phenoxy) is 4. The van der Waals surface area contributed by atoms with E-state index in [2.05, 4.69) is 0 Å². The maximum absolute atomic E-state index is 12.8. The molecule has 39 heavy (non-hydrogen) atoms. The van der Waals surface area contributed by atoms with Gasteiger partial charge in [-0.15, -0.1) is 0 Å². The van der Waals surface area contributed by atoms with Crippen LogP contribution >= 0.6 is 0 Å². The maximum atomic E-state index is 12.8. The molecule has 1 aromatic rings. The van der Waals surface area contributed by atoms with E-state index < -0.39 is 40.9 Å². The predicted octanol–water partition coefficient (Wildman–Crippen LogP) is 5.01. The summed E-state index contributed by atoms with van der Waals surface area (Å²) in [5.74, 6) is -1.91. The van der Waals surface area contributed by atoms with Crippen LogP contribution in [0.5, 0.6) is 11.5 Å². The lowest BCUT2D eigenvalue weighted by Crippen LogP contribution is -2.37. The standard InChI is InChI=1S/C30H47NO8/c1-11-29(7,8)27(34)38-23-14-13-21(16-24(23)39-28(35)30(9,10)12-2)15-22(31)26(33)37-19(5)17-36-25(32)20(6)18(3)4/h13-14,16,18-20,22H,11-12,15,17,31H2,1-10H3/t19-,20?,22-/m0/s1. The van der Waals surface area contributed by atoms with Crippen LogP contribution in [0, 0.1) is 22.7 Å². The van der Waals surface area contributed by atoms with Crippen molar-refractivity contribution >= 4 is 23.9 Å². The Morgan fingerprint density at radius 2 is 1.33 bits per heavy atom. The highest BCUT2D eigenvalue weighted by Gasteiger charge is 2.32. The van der Waals surface area contributed by atoms with Crippen molar-refractivity contribution in [2.75, 3.05) is 6.61 Å². The van der Waals surface area contributed by atoms with Gasteiger partial charge in [0.2, 0.25) is 0 Å². The fraction of sp³-hybridized carbons (Fsp3) is 0.667. The third-order valence-corrected chi connectivity index (χ3v) is 7.19. The van der Waals surface area contributed by atoms with E-state index in [0.717, 1.165) is 0 Å². The second-order valence-corrected chi connectivity index (χ2v) is 11.8. The highest BCUT2D eigenvalue weighted by atomic mass is 16.6. The summed E-state index contributed by atoms with van der Waals surface area (Å²) in [6.07, 6.45) is 0.507. The maximum Gasteiger partial charge on any atom is 0.323 e. The molecule has 0 aliphatic rings. The van der Waals surface area contributed by atoms with E-state index >= 15 is 0 Å². The smallest absolute Gasteiger partial charge is 0.323 e. The van der Waals surface area contributed by atoms with Crippen molar-refractivity contribution in [2.24, 2.45) is 28.4 Å². The van der Waals surface area contributed by atoms with Gasteiger partial charge in [0.05, 0.1) is 16.7 Å². The molecule has 9 nitrogen and oxygen atoms in total. The number of benzene rings is 1. The highest BCUT2D eigenvalue weighted by Crippen LogP contribution is 2.34. The summed E-state index contributed by atoms with van der Waals surface area (Å²) in [4.78, 5) is 50.2. The normalized spacial score (nSPS) is 14.3. The molecule has 1 unspecified atom stereocenters. The van der Waals surface area contributed by atoms with Crippen molar-refractivity contribution in [1.82, 2.24) is 0 Å². The monoisotopic (exact) mass is 549 g/mol. The average molecular weight is 550 g/mol. The zero-order chi connectivity index (χ0) is 30.1. The molecular formula is C30H47NO8. The van der Waals surface area contributed by atoms with Gasteiger partial charge in [-0.25, -0.2) is 0 Å². The minimum atomic E-state index is -1.03. The summed E-state index contributed by atoms with van der Waals surface area (Å²) in [5.41, 5.74) is 5.19. The number of hydrogen-bond donors (Lipinski definition) is 1. The molecule has 0 fully saturated rings. The van der Waals surface area contributed by atoms with E-state index in [-0.39, 0.29) is 42.3 Å². The van der Waals surface area contributed by atoms with Gasteiger partial charge in [0.1, 0.15) is 18.8 Å².